The highest BCUT2D eigenvalue weighted by atomic mass is 35.5. The molecule has 34 heteroatoms. The molecule has 8 aromatic carbocycles. The van der Waals surface area contributed by atoms with E-state index in [1.54, 1.807) is 72.8 Å². The van der Waals surface area contributed by atoms with Gasteiger partial charge in [-0.1, -0.05) is 163 Å². The number of anilines is 4. The van der Waals surface area contributed by atoms with E-state index < -0.39 is 51.8 Å². The summed E-state index contributed by atoms with van der Waals surface area (Å²) in [6.45, 7) is 9.89. The highest BCUT2D eigenvalue weighted by molar-refractivity contribution is 7.91. The lowest BCUT2D eigenvalue weighted by Crippen LogP contribution is -2.21. The maximum absolute atomic E-state index is 13.4. The fourth-order valence-corrected chi connectivity index (χ4v) is 13.7. The van der Waals surface area contributed by atoms with E-state index in [0.717, 1.165) is 69.7 Å². The number of aromatic nitrogens is 4. The van der Waals surface area contributed by atoms with E-state index in [2.05, 4.69) is 55.1 Å². The van der Waals surface area contributed by atoms with Gasteiger partial charge in [0.25, 0.3) is 20.2 Å². The van der Waals surface area contributed by atoms with Crippen molar-refractivity contribution >= 4 is 120 Å². The molecule has 668 valence electrons. The number of fused-ring (bicyclic) bond motifs is 2. The Kier molecular flexibility index (Phi) is 43.6. The maximum atomic E-state index is 13.4. The van der Waals surface area contributed by atoms with Gasteiger partial charge in [0.05, 0.1) is 55.5 Å². The molecule has 0 aliphatic rings. The molecule has 0 aliphatic carbocycles. The zero-order valence-electron chi connectivity index (χ0n) is 68.2. The van der Waals surface area contributed by atoms with Crippen LogP contribution in [-0.2, 0) is 75.8 Å². The normalized spacial score (nSPS) is 11.1. The summed E-state index contributed by atoms with van der Waals surface area (Å²) in [5.74, 6) is 3.01. The Morgan fingerprint density at radius 2 is 0.823 bits per heavy atom. The molecule has 0 amide bonds. The SMILES string of the molecule is C.C.CCCCCCCC(=O)O.CCCCCCCC(=O)O.CS(=O)(=O)CCNCc1ccc(-c2ccc3ncnc(Nc4ccc(OCc5cccc(F)c5)c(Cl)c4)c3c2)o1.CS(=O)(=O)CCNCc1ccc(-c2ccc3ncnc(Nc4ccc(OCc5cccc(F)c5)c(Cl)c4)c3c2)o1.Cc1ccc(S(=O)(=O)O)cc1.Cc1ccc(S(=O)(=O)O)cc1. The summed E-state index contributed by atoms with van der Waals surface area (Å²) in [4.78, 5) is 37.5. The van der Waals surface area contributed by atoms with E-state index in [1.807, 2.05) is 86.6 Å². The van der Waals surface area contributed by atoms with Crippen LogP contribution in [0.15, 0.2) is 225 Å². The molecular formula is C90H108Cl2F2N8O18S4. The first kappa shape index (κ1) is 104. The highest BCUT2D eigenvalue weighted by Gasteiger charge is 2.17. The summed E-state index contributed by atoms with van der Waals surface area (Å²) in [6, 6.07) is 53.9. The van der Waals surface area contributed by atoms with Crippen molar-refractivity contribution in [3.63, 3.8) is 0 Å². The Labute approximate surface area is 735 Å². The van der Waals surface area contributed by atoms with Crippen molar-refractivity contribution in [2.24, 2.45) is 0 Å². The molecule has 4 heterocycles. The molecule has 26 nitrogen and oxygen atoms in total. The second-order valence-corrected chi connectivity index (χ2v) is 36.3. The molecule has 124 heavy (non-hydrogen) atoms. The number of unbranched alkanes of at least 4 members (excludes halogenated alkanes) is 8. The number of sulfone groups is 2. The number of benzene rings is 8. The highest BCUT2D eigenvalue weighted by Crippen LogP contribution is 2.36. The molecule has 0 unspecified atom stereocenters. The number of carboxylic acid groups (broad SMARTS) is 2. The number of aryl methyl sites for hydroxylation is 2. The third kappa shape index (κ3) is 38.5. The predicted octanol–water partition coefficient (Wildman–Crippen LogP) is 20.9. The minimum absolute atomic E-state index is 0. The largest absolute Gasteiger partial charge is 0.487 e. The predicted molar refractivity (Wildman–Crippen MR) is 486 cm³/mol. The molecule has 8 N–H and O–H groups in total. The van der Waals surface area contributed by atoms with Gasteiger partial charge in [-0.2, -0.15) is 16.8 Å². The molecule has 0 saturated heterocycles. The quantitative estimate of drug-likeness (QED) is 0.0134. The van der Waals surface area contributed by atoms with Gasteiger partial charge < -0.3 is 49.8 Å². The average Bonchev–Trinajstić information content (AvgIpc) is 1.21. The second-order valence-electron chi connectivity index (χ2n) is 28.1. The van der Waals surface area contributed by atoms with Gasteiger partial charge in [0, 0.05) is 71.7 Å². The molecule has 4 aromatic heterocycles. The summed E-state index contributed by atoms with van der Waals surface area (Å²) < 4.78 is 155. The summed E-state index contributed by atoms with van der Waals surface area (Å²) >= 11 is 12.9. The van der Waals surface area contributed by atoms with Crippen molar-refractivity contribution in [3.05, 3.63) is 262 Å². The van der Waals surface area contributed by atoms with E-state index in [9.17, 15) is 52.0 Å². The van der Waals surface area contributed by atoms with Gasteiger partial charge in [0.15, 0.2) is 0 Å². The third-order valence-electron chi connectivity index (χ3n) is 17.6. The van der Waals surface area contributed by atoms with Crippen LogP contribution in [-0.4, -0.2) is 122 Å². The Balaban J connectivity index is 0.000000299. The van der Waals surface area contributed by atoms with Crippen molar-refractivity contribution in [1.82, 2.24) is 30.6 Å². The van der Waals surface area contributed by atoms with E-state index >= 15 is 0 Å². The van der Waals surface area contributed by atoms with Crippen LogP contribution in [0, 0.1) is 25.5 Å². The van der Waals surface area contributed by atoms with Crippen molar-refractivity contribution in [3.8, 4) is 34.1 Å². The molecule has 12 aromatic rings. The molecular weight excluding hydrogens is 1720 g/mol. The Hall–Kier alpha value is -10.8. The van der Waals surface area contributed by atoms with Crippen LogP contribution < -0.4 is 30.7 Å². The fraction of sp³-hybridized carbons (Fsp3) is 0.311. The van der Waals surface area contributed by atoms with Gasteiger partial charge in [0.2, 0.25) is 0 Å². The summed E-state index contributed by atoms with van der Waals surface area (Å²) in [6.07, 6.45) is 17.2. The van der Waals surface area contributed by atoms with Gasteiger partial charge >= 0.3 is 11.9 Å². The Morgan fingerprint density at radius 3 is 1.15 bits per heavy atom. The Bertz CT molecular complexity index is 5500. The van der Waals surface area contributed by atoms with Crippen LogP contribution in [0.4, 0.5) is 31.8 Å². The number of rotatable bonds is 36. The molecule has 0 spiro atoms. The molecule has 0 aliphatic heterocycles. The van der Waals surface area contributed by atoms with Gasteiger partial charge in [-0.05, 0) is 183 Å². The molecule has 0 saturated carbocycles. The van der Waals surface area contributed by atoms with E-state index in [4.69, 9.17) is 60.8 Å². The molecule has 0 atom stereocenters. The zero-order valence-corrected chi connectivity index (χ0v) is 73.0. The number of carbonyl (C=O) groups is 2. The van der Waals surface area contributed by atoms with Crippen LogP contribution >= 0.6 is 23.2 Å². The van der Waals surface area contributed by atoms with Gasteiger partial charge in [-0.3, -0.25) is 18.7 Å². The summed E-state index contributed by atoms with van der Waals surface area (Å²) in [5.41, 5.74) is 7.89. The van der Waals surface area contributed by atoms with E-state index in [1.165, 1.54) is 112 Å². The lowest BCUT2D eigenvalue weighted by Gasteiger charge is -2.12. The summed E-state index contributed by atoms with van der Waals surface area (Å²) in [7, 11) is -14.1. The lowest BCUT2D eigenvalue weighted by atomic mass is 10.1. The Morgan fingerprint density at radius 1 is 0.452 bits per heavy atom. The van der Waals surface area contributed by atoms with Crippen LogP contribution in [0.2, 0.25) is 10.0 Å². The van der Waals surface area contributed by atoms with Crippen LogP contribution in [0.3, 0.4) is 0 Å². The number of carboxylic acids is 2. The number of furan rings is 2. The molecule has 12 rings (SSSR count). The third-order valence-corrected chi connectivity index (χ3v) is 21.9. The number of nitrogens with one attached hydrogen (secondary N) is 4. The lowest BCUT2D eigenvalue weighted by molar-refractivity contribution is -0.138. The second kappa shape index (κ2) is 52.1. The minimum Gasteiger partial charge on any atom is -0.487 e. The topological polar surface area (TPSA) is 396 Å². The summed E-state index contributed by atoms with van der Waals surface area (Å²) in [5, 5.41) is 31.7. The number of hydrogen-bond donors (Lipinski definition) is 8. The number of aliphatic carboxylic acids is 2. The van der Waals surface area contributed by atoms with Gasteiger partial charge in [0.1, 0.15) is 103 Å². The van der Waals surface area contributed by atoms with Crippen molar-refractivity contribution in [2.75, 3.05) is 47.7 Å². The maximum Gasteiger partial charge on any atom is 0.303 e. The van der Waals surface area contributed by atoms with Crippen molar-refractivity contribution < 1.29 is 89.7 Å². The first-order chi connectivity index (χ1) is 58.0. The standard InChI is InChI=1S/2C29H26ClFN4O4S.2C8H16O2.2C7H8O3S.2CH4/c2*1-40(36,37)12-11-32-16-23-7-10-27(39-23)20-5-8-26-24(14-20)29(34-18-33-26)35-22-6-9-28(25(30)15-22)38-17-19-3-2-4-21(31)13-19;2*1-2-3-4-5-6-7-8(9)10;2*1-6-2-4-7(5-3-6)11(8,9)10;;/h2*2-10,13-15,18,32H,11-12,16-17H2,1H3,(H,33,34,35);2*2-7H2,1H3,(H,9,10);2*2-5H,1H3,(H,8,9,10);2*1H4. The monoisotopic (exact) mass is 1820 g/mol. The molecule has 0 radical (unpaired) electrons. The number of ether oxygens (including phenoxy) is 2. The van der Waals surface area contributed by atoms with E-state index in [0.29, 0.717) is 118 Å². The number of hydrogen-bond acceptors (Lipinski definition) is 22. The van der Waals surface area contributed by atoms with Crippen LogP contribution in [0.25, 0.3) is 44.5 Å². The molecule has 0 fully saturated rings. The smallest absolute Gasteiger partial charge is 0.303 e. The first-order valence-electron chi connectivity index (χ1n) is 38.9. The van der Waals surface area contributed by atoms with Crippen molar-refractivity contribution in [1.29, 1.82) is 0 Å². The first-order valence-corrected chi connectivity index (χ1v) is 46.6. The average molecular weight is 1830 g/mol. The van der Waals surface area contributed by atoms with Crippen LogP contribution in [0.1, 0.15) is 140 Å². The minimum atomic E-state index is -4.02. The van der Waals surface area contributed by atoms with E-state index in [-0.39, 0.29) is 61.0 Å². The fourth-order valence-electron chi connectivity index (χ4n) is 11.2. The number of nitrogens with zero attached hydrogens (tertiary/aromatic N) is 4. The van der Waals surface area contributed by atoms with Gasteiger partial charge in [-0.15, -0.1) is 0 Å². The molecule has 0 bridgehead atoms. The van der Waals surface area contributed by atoms with Crippen molar-refractivity contribution in [2.45, 2.75) is 156 Å². The van der Waals surface area contributed by atoms with Gasteiger partial charge in [-0.25, -0.2) is 45.6 Å². The number of halogens is 4. The zero-order chi connectivity index (χ0) is 88.8. The van der Waals surface area contributed by atoms with Crippen LogP contribution in [0.5, 0.6) is 11.5 Å².